The number of hydrogen-bond donors (Lipinski definition) is 0. The summed E-state index contributed by atoms with van der Waals surface area (Å²) >= 11 is 0.865. The van der Waals surface area contributed by atoms with Crippen LogP contribution in [-0.4, -0.2) is 28.9 Å². The SMILES string of the molecule is COc1c(F)cc(CN2C(=O)CSC2=O)c(F)c1-c1cc2c(cc1C)C(C)(C)CCC2(C)C. The maximum atomic E-state index is 15.9. The minimum atomic E-state index is -0.729. The summed E-state index contributed by atoms with van der Waals surface area (Å²) in [5.41, 5.74) is 3.56. The average molecular weight is 474 g/mol. The van der Waals surface area contributed by atoms with Gasteiger partial charge in [-0.3, -0.25) is 14.5 Å². The van der Waals surface area contributed by atoms with Crippen molar-refractivity contribution < 1.29 is 23.1 Å². The van der Waals surface area contributed by atoms with E-state index in [2.05, 4.69) is 33.8 Å². The quantitative estimate of drug-likeness (QED) is 0.509. The Morgan fingerprint density at radius 2 is 1.64 bits per heavy atom. The van der Waals surface area contributed by atoms with Crippen LogP contribution in [0.15, 0.2) is 18.2 Å². The Morgan fingerprint density at radius 1 is 1.03 bits per heavy atom. The minimum absolute atomic E-state index is 0.0146. The molecule has 2 aliphatic rings. The lowest BCUT2D eigenvalue weighted by atomic mass is 9.62. The Balaban J connectivity index is 1.93. The molecule has 0 aromatic heterocycles. The van der Waals surface area contributed by atoms with Crippen molar-refractivity contribution in [3.63, 3.8) is 0 Å². The van der Waals surface area contributed by atoms with Crippen molar-refractivity contribution in [1.82, 2.24) is 4.90 Å². The molecule has 0 saturated carbocycles. The summed E-state index contributed by atoms with van der Waals surface area (Å²) in [6, 6.07) is 5.07. The lowest BCUT2D eigenvalue weighted by Crippen LogP contribution is -2.34. The van der Waals surface area contributed by atoms with Gasteiger partial charge in [0.1, 0.15) is 5.82 Å². The van der Waals surface area contributed by atoms with Gasteiger partial charge in [-0.25, -0.2) is 8.78 Å². The molecule has 1 heterocycles. The number of benzene rings is 2. The second-order valence-electron chi connectivity index (χ2n) is 10.3. The lowest BCUT2D eigenvalue weighted by Gasteiger charge is -2.42. The summed E-state index contributed by atoms with van der Waals surface area (Å²) in [4.78, 5) is 25.1. The van der Waals surface area contributed by atoms with Gasteiger partial charge in [-0.05, 0) is 65.0 Å². The number of amides is 2. The Bertz CT molecular complexity index is 1160. The number of carbonyl (C=O) groups is 2. The topological polar surface area (TPSA) is 46.6 Å². The van der Waals surface area contributed by atoms with Gasteiger partial charge in [-0.2, -0.15) is 0 Å². The van der Waals surface area contributed by atoms with Crippen molar-refractivity contribution in [2.45, 2.75) is 64.8 Å². The molecule has 2 amide bonds. The van der Waals surface area contributed by atoms with Crippen molar-refractivity contribution in [2.75, 3.05) is 12.9 Å². The number of aryl methyl sites for hydroxylation is 1. The first-order valence-electron chi connectivity index (χ1n) is 11.1. The fraction of sp³-hybridized carbons (Fsp3) is 0.462. The predicted molar refractivity (Wildman–Crippen MR) is 127 cm³/mol. The van der Waals surface area contributed by atoms with E-state index in [4.69, 9.17) is 4.74 Å². The highest BCUT2D eigenvalue weighted by Crippen LogP contribution is 2.49. The molecule has 0 atom stereocenters. The standard InChI is InChI=1S/C26H29F2NO3S/c1-14-9-17-18(26(4,5)8-7-25(17,2)3)11-16(14)21-22(28)15(10-19(27)23(21)32-6)12-29-20(30)13-33-24(29)31/h9-11H,7-8,12-13H2,1-6H3. The number of fused-ring (bicyclic) bond motifs is 1. The third kappa shape index (κ3) is 3.94. The van der Waals surface area contributed by atoms with Gasteiger partial charge < -0.3 is 4.74 Å². The van der Waals surface area contributed by atoms with Crippen molar-refractivity contribution in [1.29, 1.82) is 0 Å². The average Bonchev–Trinajstić information content (AvgIpc) is 3.05. The molecule has 0 spiro atoms. The minimum Gasteiger partial charge on any atom is -0.493 e. The number of imide groups is 1. The number of carbonyl (C=O) groups excluding carboxylic acids is 2. The smallest absolute Gasteiger partial charge is 0.289 e. The van der Waals surface area contributed by atoms with E-state index < -0.39 is 22.8 Å². The number of nitrogens with zero attached hydrogens (tertiary/aromatic N) is 1. The van der Waals surface area contributed by atoms with E-state index in [0.29, 0.717) is 5.56 Å². The summed E-state index contributed by atoms with van der Waals surface area (Å²) in [7, 11) is 1.31. The second kappa shape index (κ2) is 8.12. The van der Waals surface area contributed by atoms with Crippen LogP contribution in [0, 0.1) is 18.6 Å². The Kier molecular flexibility index (Phi) is 5.84. The number of ether oxygens (including phenoxy) is 1. The first-order valence-corrected chi connectivity index (χ1v) is 12.0. The normalized spacial score (nSPS) is 19.1. The molecular formula is C26H29F2NO3S. The summed E-state index contributed by atoms with van der Waals surface area (Å²) in [5.74, 6) is -1.98. The van der Waals surface area contributed by atoms with E-state index >= 15 is 8.78 Å². The van der Waals surface area contributed by atoms with E-state index in [-0.39, 0.29) is 40.0 Å². The summed E-state index contributed by atoms with van der Waals surface area (Å²) in [6.45, 7) is 10.3. The molecule has 0 bridgehead atoms. The van der Waals surface area contributed by atoms with Crippen LogP contribution in [0.4, 0.5) is 13.6 Å². The number of hydrogen-bond acceptors (Lipinski definition) is 4. The Hall–Kier alpha value is -2.41. The molecule has 176 valence electrons. The van der Waals surface area contributed by atoms with E-state index in [1.807, 2.05) is 13.0 Å². The van der Waals surface area contributed by atoms with Crippen LogP contribution in [0.25, 0.3) is 11.1 Å². The number of halogens is 2. The zero-order valence-electron chi connectivity index (χ0n) is 19.9. The largest absolute Gasteiger partial charge is 0.493 e. The number of methoxy groups -OCH3 is 1. The number of thioether (sulfide) groups is 1. The van der Waals surface area contributed by atoms with Gasteiger partial charge in [-0.1, -0.05) is 45.5 Å². The second-order valence-corrected chi connectivity index (χ2v) is 11.2. The first kappa shape index (κ1) is 23.7. The van der Waals surface area contributed by atoms with Crippen LogP contribution in [0.1, 0.15) is 62.8 Å². The molecule has 1 aliphatic heterocycles. The third-order valence-electron chi connectivity index (χ3n) is 7.09. The van der Waals surface area contributed by atoms with Gasteiger partial charge in [0.25, 0.3) is 5.24 Å². The van der Waals surface area contributed by atoms with Gasteiger partial charge >= 0.3 is 0 Å². The number of rotatable bonds is 4. The highest BCUT2D eigenvalue weighted by molar-refractivity contribution is 8.14. The van der Waals surface area contributed by atoms with E-state index in [9.17, 15) is 9.59 Å². The third-order valence-corrected chi connectivity index (χ3v) is 7.95. The van der Waals surface area contributed by atoms with Crippen LogP contribution in [0.3, 0.4) is 0 Å². The maximum Gasteiger partial charge on any atom is 0.289 e. The molecule has 0 N–H and O–H groups in total. The molecule has 2 aromatic rings. The monoisotopic (exact) mass is 473 g/mol. The molecule has 1 aliphatic carbocycles. The van der Waals surface area contributed by atoms with Crippen molar-refractivity contribution in [3.05, 3.63) is 52.1 Å². The lowest BCUT2D eigenvalue weighted by molar-refractivity contribution is -0.125. The zero-order chi connectivity index (χ0) is 24.3. The van der Waals surface area contributed by atoms with Crippen LogP contribution in [0.5, 0.6) is 5.75 Å². The molecule has 4 rings (SSSR count). The molecule has 4 nitrogen and oxygen atoms in total. The zero-order valence-corrected chi connectivity index (χ0v) is 20.7. The maximum absolute atomic E-state index is 15.9. The highest BCUT2D eigenvalue weighted by Gasteiger charge is 2.38. The van der Waals surface area contributed by atoms with Crippen molar-refractivity contribution >= 4 is 22.9 Å². The fourth-order valence-electron chi connectivity index (χ4n) is 4.91. The summed E-state index contributed by atoms with van der Waals surface area (Å²) in [6.07, 6.45) is 2.03. The van der Waals surface area contributed by atoms with E-state index in [0.717, 1.165) is 46.7 Å². The van der Waals surface area contributed by atoms with E-state index in [1.165, 1.54) is 12.7 Å². The summed E-state index contributed by atoms with van der Waals surface area (Å²) < 4.78 is 36.4. The van der Waals surface area contributed by atoms with Gasteiger partial charge in [0.05, 0.1) is 25.0 Å². The van der Waals surface area contributed by atoms with Crippen LogP contribution in [-0.2, 0) is 22.2 Å². The van der Waals surface area contributed by atoms with Crippen molar-refractivity contribution in [2.24, 2.45) is 0 Å². The van der Waals surface area contributed by atoms with Gasteiger partial charge in [-0.15, -0.1) is 0 Å². The predicted octanol–water partition coefficient (Wildman–Crippen LogP) is 6.49. The molecule has 1 fully saturated rings. The van der Waals surface area contributed by atoms with Gasteiger partial charge in [0.15, 0.2) is 11.6 Å². The highest BCUT2D eigenvalue weighted by atomic mass is 32.2. The Morgan fingerprint density at radius 3 is 2.18 bits per heavy atom. The van der Waals surface area contributed by atoms with Crippen molar-refractivity contribution in [3.8, 4) is 16.9 Å². The van der Waals surface area contributed by atoms with Crippen LogP contribution in [0.2, 0.25) is 0 Å². The summed E-state index contributed by atoms with van der Waals surface area (Å²) in [5, 5.41) is -0.453. The van der Waals surface area contributed by atoms with Gasteiger partial charge in [0.2, 0.25) is 5.91 Å². The molecule has 0 radical (unpaired) electrons. The molecular weight excluding hydrogens is 444 g/mol. The Labute approximate surface area is 197 Å². The van der Waals surface area contributed by atoms with Gasteiger partial charge in [0, 0.05) is 5.56 Å². The molecule has 2 aromatic carbocycles. The van der Waals surface area contributed by atoms with E-state index in [1.54, 1.807) is 0 Å². The molecule has 0 unspecified atom stereocenters. The van der Waals surface area contributed by atoms with Crippen LogP contribution < -0.4 is 4.74 Å². The molecule has 1 saturated heterocycles. The molecule has 33 heavy (non-hydrogen) atoms. The fourth-order valence-corrected chi connectivity index (χ4v) is 5.64. The molecule has 7 heteroatoms. The first-order chi connectivity index (χ1) is 15.4. The van der Waals surface area contributed by atoms with Crippen LogP contribution >= 0.6 is 11.8 Å².